The second-order valence-corrected chi connectivity index (χ2v) is 7.38. The van der Waals surface area contributed by atoms with Gasteiger partial charge in [-0.3, -0.25) is 9.59 Å². The second-order valence-electron chi connectivity index (χ2n) is 7.38. The van der Waals surface area contributed by atoms with Crippen molar-refractivity contribution in [2.45, 2.75) is 25.3 Å². The van der Waals surface area contributed by atoms with Gasteiger partial charge in [-0.05, 0) is 48.6 Å². The van der Waals surface area contributed by atoms with Gasteiger partial charge in [0.1, 0.15) is 0 Å². The van der Waals surface area contributed by atoms with E-state index in [0.29, 0.717) is 13.0 Å². The molecule has 0 aliphatic carbocycles. The lowest BCUT2D eigenvalue weighted by Crippen LogP contribution is -2.34. The molecule has 0 saturated carbocycles. The van der Waals surface area contributed by atoms with Crippen molar-refractivity contribution in [2.24, 2.45) is 5.92 Å². The Labute approximate surface area is 165 Å². The first-order valence-electron chi connectivity index (χ1n) is 9.83. The number of amides is 2. The molecule has 2 N–H and O–H groups in total. The number of aryl methyl sites for hydroxylation is 1. The molecule has 1 fully saturated rings. The first-order valence-corrected chi connectivity index (χ1v) is 9.83. The molecule has 0 aromatic heterocycles. The van der Waals surface area contributed by atoms with E-state index in [0.717, 1.165) is 36.3 Å². The van der Waals surface area contributed by atoms with E-state index < -0.39 is 0 Å². The monoisotopic (exact) mass is 375 g/mol. The third kappa shape index (κ3) is 3.52. The predicted octanol–water partition coefficient (Wildman–Crippen LogP) is 3.76. The molecule has 4 rings (SSSR count). The minimum atomic E-state index is -0.296. The highest BCUT2D eigenvalue weighted by Crippen LogP contribution is 2.38. The Kier molecular flexibility index (Phi) is 5.15. The third-order valence-corrected chi connectivity index (χ3v) is 5.65. The van der Waals surface area contributed by atoms with Crippen LogP contribution >= 0.6 is 0 Å². The number of hydrogen-bond acceptors (Lipinski definition) is 3. The maximum absolute atomic E-state index is 13.1. The summed E-state index contributed by atoms with van der Waals surface area (Å²) in [7, 11) is 0. The molecule has 28 heavy (non-hydrogen) atoms. The number of nitrogens with one attached hydrogen (secondary N) is 2. The number of carbonyl (C=O) groups is 2. The molecule has 2 aliphatic heterocycles. The molecule has 0 spiro atoms. The molecule has 5 nitrogen and oxygen atoms in total. The van der Waals surface area contributed by atoms with Gasteiger partial charge >= 0.3 is 0 Å². The lowest BCUT2D eigenvalue weighted by atomic mass is 9.92. The van der Waals surface area contributed by atoms with Crippen LogP contribution in [-0.2, 0) is 16.0 Å². The zero-order chi connectivity index (χ0) is 19.5. The van der Waals surface area contributed by atoms with Crippen molar-refractivity contribution in [3.63, 3.8) is 0 Å². The summed E-state index contributed by atoms with van der Waals surface area (Å²) in [5, 5.41) is 6.46. The Balaban J connectivity index is 1.57. The first kappa shape index (κ1) is 18.3. The summed E-state index contributed by atoms with van der Waals surface area (Å²) in [5.74, 6) is -0.485. The van der Waals surface area contributed by atoms with Crippen molar-refractivity contribution in [3.05, 3.63) is 72.3 Å². The number of likely N-dealkylation sites (tertiary alicyclic amines) is 1. The van der Waals surface area contributed by atoms with Crippen molar-refractivity contribution in [3.8, 4) is 0 Å². The summed E-state index contributed by atoms with van der Waals surface area (Å²) in [4.78, 5) is 27.2. The van der Waals surface area contributed by atoms with E-state index in [-0.39, 0.29) is 23.8 Å². The summed E-state index contributed by atoms with van der Waals surface area (Å²) < 4.78 is 0. The topological polar surface area (TPSA) is 61.4 Å². The largest absolute Gasteiger partial charge is 0.385 e. The number of carbonyl (C=O) groups excluding carboxylic acids is 2. The molecule has 144 valence electrons. The number of hydrogen-bond donors (Lipinski definition) is 2. The van der Waals surface area contributed by atoms with Gasteiger partial charge in [0.2, 0.25) is 11.8 Å². The lowest BCUT2D eigenvalue weighted by Gasteiger charge is -2.27. The van der Waals surface area contributed by atoms with E-state index in [1.54, 1.807) is 4.90 Å². The number of anilines is 2. The predicted molar refractivity (Wildman–Crippen MR) is 111 cm³/mol. The number of fused-ring (bicyclic) bond motifs is 1. The minimum absolute atomic E-state index is 0.0519. The molecular formula is C23H25N3O2. The molecule has 2 aromatic rings. The highest BCUT2D eigenvalue weighted by molar-refractivity contribution is 5.95. The molecule has 0 bridgehead atoms. The molecule has 2 heterocycles. The Hall–Kier alpha value is -3.08. The highest BCUT2D eigenvalue weighted by atomic mass is 16.2. The van der Waals surface area contributed by atoms with Gasteiger partial charge in [0.05, 0.1) is 12.0 Å². The van der Waals surface area contributed by atoms with E-state index in [2.05, 4.69) is 23.3 Å². The molecule has 2 atom stereocenters. The fraction of sp³-hybridized carbons (Fsp3) is 0.304. The molecule has 0 unspecified atom stereocenters. The van der Waals surface area contributed by atoms with Gasteiger partial charge in [-0.2, -0.15) is 0 Å². The van der Waals surface area contributed by atoms with E-state index in [1.165, 1.54) is 11.6 Å². The van der Waals surface area contributed by atoms with Crippen LogP contribution in [-0.4, -0.2) is 29.8 Å². The molecule has 1 saturated heterocycles. The molecule has 0 radical (unpaired) electrons. The Morgan fingerprint density at radius 2 is 2.00 bits per heavy atom. The summed E-state index contributed by atoms with van der Waals surface area (Å²) in [6.45, 7) is 5.12. The minimum Gasteiger partial charge on any atom is -0.385 e. The lowest BCUT2D eigenvalue weighted by molar-refractivity contribution is -0.128. The molecule has 2 aromatic carbocycles. The van der Waals surface area contributed by atoms with E-state index in [9.17, 15) is 9.59 Å². The van der Waals surface area contributed by atoms with Crippen LogP contribution in [0.5, 0.6) is 0 Å². The molecule has 2 amide bonds. The zero-order valence-corrected chi connectivity index (χ0v) is 15.9. The normalized spacial score (nSPS) is 20.8. The average molecular weight is 375 g/mol. The quantitative estimate of drug-likeness (QED) is 0.800. The van der Waals surface area contributed by atoms with Crippen LogP contribution in [0.3, 0.4) is 0 Å². The van der Waals surface area contributed by atoms with Crippen molar-refractivity contribution >= 4 is 23.2 Å². The van der Waals surface area contributed by atoms with Crippen molar-refractivity contribution in [1.82, 2.24) is 4.90 Å². The summed E-state index contributed by atoms with van der Waals surface area (Å²) in [6, 6.07) is 15.5. The van der Waals surface area contributed by atoms with E-state index >= 15 is 0 Å². The van der Waals surface area contributed by atoms with E-state index in [1.807, 2.05) is 42.5 Å². The van der Waals surface area contributed by atoms with Crippen molar-refractivity contribution in [1.29, 1.82) is 0 Å². The summed E-state index contributed by atoms with van der Waals surface area (Å²) in [6.07, 6.45) is 4.15. The van der Waals surface area contributed by atoms with Gasteiger partial charge in [0.15, 0.2) is 0 Å². The van der Waals surface area contributed by atoms with Crippen LogP contribution < -0.4 is 10.6 Å². The van der Waals surface area contributed by atoms with Crippen molar-refractivity contribution < 1.29 is 9.59 Å². The standard InChI is InChI=1S/C23H25N3O2/c1-2-21(27)26-14-12-19(22(26)17-7-4-3-5-8-17)23(28)25-18-11-10-16-9-6-13-24-20(16)15-18/h2-5,7-8,10-11,15,19,22,24H,1,6,9,12-14H2,(H,25,28)/t19-,22+/m0/s1. The Morgan fingerprint density at radius 3 is 2.79 bits per heavy atom. The number of nitrogens with zero attached hydrogens (tertiary/aromatic N) is 1. The Bertz CT molecular complexity index is 894. The molecule has 5 heteroatoms. The van der Waals surface area contributed by atoms with E-state index in [4.69, 9.17) is 0 Å². The van der Waals surface area contributed by atoms with Crippen LogP contribution in [0.15, 0.2) is 61.2 Å². The summed E-state index contributed by atoms with van der Waals surface area (Å²) in [5.41, 5.74) is 4.15. The molecule has 2 aliphatic rings. The second kappa shape index (κ2) is 7.89. The van der Waals surface area contributed by atoms with Gasteiger partial charge in [0.25, 0.3) is 0 Å². The van der Waals surface area contributed by atoms with Gasteiger partial charge < -0.3 is 15.5 Å². The SMILES string of the molecule is C=CC(=O)N1CC[C@H](C(=O)Nc2ccc3c(c2)NCCC3)[C@H]1c1ccccc1. The zero-order valence-electron chi connectivity index (χ0n) is 15.9. The van der Waals surface area contributed by atoms with Crippen LogP contribution in [0.1, 0.15) is 30.0 Å². The highest BCUT2D eigenvalue weighted by Gasteiger charge is 2.41. The smallest absolute Gasteiger partial charge is 0.246 e. The van der Waals surface area contributed by atoms with Crippen LogP contribution in [0.4, 0.5) is 11.4 Å². The van der Waals surface area contributed by atoms with Crippen LogP contribution in [0.25, 0.3) is 0 Å². The fourth-order valence-electron chi connectivity index (χ4n) is 4.27. The van der Waals surface area contributed by atoms with Gasteiger partial charge in [0, 0.05) is 24.5 Å². The first-order chi connectivity index (χ1) is 13.7. The van der Waals surface area contributed by atoms with Gasteiger partial charge in [-0.25, -0.2) is 0 Å². The van der Waals surface area contributed by atoms with Crippen molar-refractivity contribution in [2.75, 3.05) is 23.7 Å². The number of benzene rings is 2. The Morgan fingerprint density at radius 1 is 1.18 bits per heavy atom. The average Bonchev–Trinajstić information content (AvgIpc) is 3.19. The summed E-state index contributed by atoms with van der Waals surface area (Å²) >= 11 is 0. The van der Waals surface area contributed by atoms with Crippen LogP contribution in [0.2, 0.25) is 0 Å². The maximum Gasteiger partial charge on any atom is 0.246 e. The van der Waals surface area contributed by atoms with Gasteiger partial charge in [-0.15, -0.1) is 0 Å². The number of rotatable bonds is 4. The molecular weight excluding hydrogens is 350 g/mol. The fourth-order valence-corrected chi connectivity index (χ4v) is 4.27. The maximum atomic E-state index is 13.1. The van der Waals surface area contributed by atoms with Gasteiger partial charge in [-0.1, -0.05) is 43.0 Å². The third-order valence-electron chi connectivity index (χ3n) is 5.65. The van der Waals surface area contributed by atoms with Crippen LogP contribution in [0, 0.1) is 5.92 Å².